The highest BCUT2D eigenvalue weighted by molar-refractivity contribution is 7.89. The molecule has 0 aliphatic rings. The van der Waals surface area contributed by atoms with Crippen molar-refractivity contribution in [2.75, 3.05) is 7.05 Å². The first kappa shape index (κ1) is 16.1. The highest BCUT2D eigenvalue weighted by Gasteiger charge is 2.26. The van der Waals surface area contributed by atoms with Crippen molar-refractivity contribution in [1.29, 1.82) is 0 Å². The topological polar surface area (TPSA) is 57.6 Å². The third kappa shape index (κ3) is 3.55. The Labute approximate surface area is 116 Å². The molecule has 0 amide bonds. The molecule has 0 heterocycles. The first-order valence-corrected chi connectivity index (χ1v) is 7.97. The van der Waals surface area contributed by atoms with Crippen LogP contribution in [0.25, 0.3) is 0 Å². The zero-order valence-electron chi connectivity index (χ0n) is 12.0. The van der Waals surface area contributed by atoms with Crippen LogP contribution in [0.2, 0.25) is 0 Å². The molecule has 0 saturated carbocycles. The van der Waals surface area contributed by atoms with Crippen LogP contribution < -0.4 is 0 Å². The Hall–Kier alpha value is -0.910. The van der Waals surface area contributed by atoms with Crippen LogP contribution >= 0.6 is 0 Å². The number of hydrogen-bond acceptors (Lipinski definition) is 3. The van der Waals surface area contributed by atoms with Crippen molar-refractivity contribution in [2.24, 2.45) is 0 Å². The summed E-state index contributed by atoms with van der Waals surface area (Å²) in [6.07, 6.45) is 1.77. The number of hydrogen-bond donors (Lipinski definition) is 1. The van der Waals surface area contributed by atoms with Gasteiger partial charge in [0.05, 0.1) is 11.5 Å². The number of nitrogens with zero attached hydrogens (tertiary/aromatic N) is 1. The van der Waals surface area contributed by atoms with E-state index in [-0.39, 0.29) is 17.5 Å². The van der Waals surface area contributed by atoms with Gasteiger partial charge in [-0.1, -0.05) is 25.5 Å². The molecule has 0 saturated heterocycles. The molecule has 0 fully saturated rings. The van der Waals surface area contributed by atoms with Gasteiger partial charge in [0, 0.05) is 13.1 Å². The summed E-state index contributed by atoms with van der Waals surface area (Å²) in [5, 5.41) is 9.14. The average molecular weight is 285 g/mol. The maximum absolute atomic E-state index is 12.6. The largest absolute Gasteiger partial charge is 0.392 e. The van der Waals surface area contributed by atoms with Crippen LogP contribution in [0.15, 0.2) is 23.1 Å². The minimum absolute atomic E-state index is 0.0350. The van der Waals surface area contributed by atoms with Crippen LogP contribution in [0, 0.1) is 6.92 Å². The number of aliphatic hydroxyl groups is 1. The first-order chi connectivity index (χ1) is 8.84. The Bertz CT molecular complexity index is 525. The Balaban J connectivity index is 3.19. The maximum Gasteiger partial charge on any atom is 0.243 e. The molecule has 5 heteroatoms. The fraction of sp³-hybridized carbons (Fsp3) is 0.571. The average Bonchev–Trinajstić information content (AvgIpc) is 2.38. The SMILES string of the molecule is CCCC(C)N(C)S(=O)(=O)c1cc(CO)ccc1C. The zero-order chi connectivity index (χ0) is 14.6. The Morgan fingerprint density at radius 1 is 1.37 bits per heavy atom. The first-order valence-electron chi connectivity index (χ1n) is 6.53. The minimum atomic E-state index is -3.50. The fourth-order valence-electron chi connectivity index (χ4n) is 2.01. The van der Waals surface area contributed by atoms with E-state index >= 15 is 0 Å². The van der Waals surface area contributed by atoms with Crippen molar-refractivity contribution in [3.05, 3.63) is 29.3 Å². The molecule has 0 radical (unpaired) electrons. The van der Waals surface area contributed by atoms with Crippen molar-refractivity contribution in [3.63, 3.8) is 0 Å². The minimum Gasteiger partial charge on any atom is -0.392 e. The van der Waals surface area contributed by atoms with E-state index in [0.29, 0.717) is 11.1 Å². The fourth-order valence-corrected chi connectivity index (χ4v) is 3.68. The van der Waals surface area contributed by atoms with Gasteiger partial charge in [0.25, 0.3) is 0 Å². The van der Waals surface area contributed by atoms with Gasteiger partial charge < -0.3 is 5.11 Å². The molecule has 0 spiro atoms. The normalized spacial score (nSPS) is 13.8. The molecule has 108 valence electrons. The van der Waals surface area contributed by atoms with Gasteiger partial charge in [0.2, 0.25) is 10.0 Å². The predicted octanol–water partition coefficient (Wildman–Crippen LogP) is 2.30. The molecule has 0 aliphatic carbocycles. The third-order valence-corrected chi connectivity index (χ3v) is 5.53. The second-order valence-corrected chi connectivity index (χ2v) is 6.88. The van der Waals surface area contributed by atoms with E-state index in [9.17, 15) is 8.42 Å². The van der Waals surface area contributed by atoms with Gasteiger partial charge in [0.1, 0.15) is 0 Å². The van der Waals surface area contributed by atoms with Gasteiger partial charge in [-0.25, -0.2) is 8.42 Å². The van der Waals surface area contributed by atoms with Crippen molar-refractivity contribution in [1.82, 2.24) is 4.31 Å². The van der Waals surface area contributed by atoms with E-state index < -0.39 is 10.0 Å². The molecule has 1 atom stereocenters. The number of rotatable bonds is 6. The number of sulfonamides is 1. The van der Waals surface area contributed by atoms with E-state index in [1.807, 2.05) is 13.8 Å². The molecule has 0 bridgehead atoms. The standard InChI is InChI=1S/C14H23NO3S/c1-5-6-12(3)15(4)19(17,18)14-9-13(10-16)8-7-11(14)2/h7-9,12,16H,5-6,10H2,1-4H3. The molecule has 1 aromatic carbocycles. The summed E-state index contributed by atoms with van der Waals surface area (Å²) < 4.78 is 26.6. The highest BCUT2D eigenvalue weighted by Crippen LogP contribution is 2.23. The van der Waals surface area contributed by atoms with Crippen molar-refractivity contribution >= 4 is 10.0 Å². The second kappa shape index (κ2) is 6.50. The quantitative estimate of drug-likeness (QED) is 0.872. The van der Waals surface area contributed by atoms with E-state index in [0.717, 1.165) is 12.8 Å². The van der Waals surface area contributed by atoms with Crippen LogP contribution in [0.5, 0.6) is 0 Å². The lowest BCUT2D eigenvalue weighted by atomic mass is 10.2. The Morgan fingerprint density at radius 2 is 2.00 bits per heavy atom. The molecule has 19 heavy (non-hydrogen) atoms. The summed E-state index contributed by atoms with van der Waals surface area (Å²) in [6.45, 7) is 5.56. The molecule has 0 aliphatic heterocycles. The summed E-state index contributed by atoms with van der Waals surface area (Å²) in [5.74, 6) is 0. The van der Waals surface area contributed by atoms with Gasteiger partial charge in [-0.2, -0.15) is 4.31 Å². The van der Waals surface area contributed by atoms with Gasteiger partial charge >= 0.3 is 0 Å². The van der Waals surface area contributed by atoms with E-state index in [1.54, 1.807) is 32.2 Å². The van der Waals surface area contributed by atoms with E-state index in [2.05, 4.69) is 0 Å². The van der Waals surface area contributed by atoms with Crippen molar-refractivity contribution in [3.8, 4) is 0 Å². The predicted molar refractivity (Wildman–Crippen MR) is 76.4 cm³/mol. The zero-order valence-corrected chi connectivity index (χ0v) is 12.9. The van der Waals surface area contributed by atoms with Gasteiger partial charge in [-0.3, -0.25) is 0 Å². The Morgan fingerprint density at radius 3 is 2.53 bits per heavy atom. The number of benzene rings is 1. The smallest absolute Gasteiger partial charge is 0.243 e. The van der Waals surface area contributed by atoms with Crippen LogP contribution in [0.3, 0.4) is 0 Å². The van der Waals surface area contributed by atoms with E-state index in [4.69, 9.17) is 5.11 Å². The molecule has 1 rings (SSSR count). The molecular formula is C14H23NO3S. The van der Waals surface area contributed by atoms with Gasteiger partial charge in [0.15, 0.2) is 0 Å². The monoisotopic (exact) mass is 285 g/mol. The third-order valence-electron chi connectivity index (χ3n) is 3.42. The highest BCUT2D eigenvalue weighted by atomic mass is 32.2. The molecule has 0 aromatic heterocycles. The summed E-state index contributed by atoms with van der Waals surface area (Å²) in [4.78, 5) is 0.282. The van der Waals surface area contributed by atoms with Crippen molar-refractivity contribution in [2.45, 2.75) is 51.2 Å². The van der Waals surface area contributed by atoms with Crippen LogP contribution in [0.1, 0.15) is 37.8 Å². The number of aryl methyl sites for hydroxylation is 1. The van der Waals surface area contributed by atoms with Crippen molar-refractivity contribution < 1.29 is 13.5 Å². The lowest BCUT2D eigenvalue weighted by molar-refractivity contribution is 0.281. The summed E-state index contributed by atoms with van der Waals surface area (Å²) in [6, 6.07) is 4.99. The van der Waals surface area contributed by atoms with E-state index in [1.165, 1.54) is 4.31 Å². The lowest BCUT2D eigenvalue weighted by Gasteiger charge is -2.25. The summed E-state index contributed by atoms with van der Waals surface area (Å²) >= 11 is 0. The molecule has 1 N–H and O–H groups in total. The molecule has 1 unspecified atom stereocenters. The van der Waals surface area contributed by atoms with Gasteiger partial charge in [-0.05, 0) is 37.5 Å². The maximum atomic E-state index is 12.6. The van der Waals surface area contributed by atoms with Crippen LogP contribution in [-0.2, 0) is 16.6 Å². The van der Waals surface area contributed by atoms with Gasteiger partial charge in [-0.15, -0.1) is 0 Å². The lowest BCUT2D eigenvalue weighted by Crippen LogP contribution is -2.35. The van der Waals surface area contributed by atoms with Crippen LogP contribution in [0.4, 0.5) is 0 Å². The summed E-state index contributed by atoms with van der Waals surface area (Å²) in [5.41, 5.74) is 1.31. The summed E-state index contributed by atoms with van der Waals surface area (Å²) in [7, 11) is -1.89. The Kier molecular flexibility index (Phi) is 5.52. The molecule has 1 aromatic rings. The number of aliphatic hydroxyl groups excluding tert-OH is 1. The molecular weight excluding hydrogens is 262 g/mol. The van der Waals surface area contributed by atoms with Crippen LogP contribution in [-0.4, -0.2) is 30.9 Å². The second-order valence-electron chi connectivity index (χ2n) is 4.92. The molecule has 4 nitrogen and oxygen atoms in total.